The number of rotatable bonds is 20. The molecule has 1 atom stereocenters. The third-order valence-corrected chi connectivity index (χ3v) is 13.8. The predicted octanol–water partition coefficient (Wildman–Crippen LogP) is 4.42. The highest BCUT2D eigenvalue weighted by Gasteiger charge is 2.46. The molecule has 2 aliphatic heterocycles. The summed E-state index contributed by atoms with van der Waals surface area (Å²) >= 11 is 0. The van der Waals surface area contributed by atoms with Crippen LogP contribution >= 0.6 is 0 Å². The van der Waals surface area contributed by atoms with Crippen molar-refractivity contribution >= 4 is 63.5 Å². The Bertz CT molecular complexity index is 2500. The van der Waals surface area contributed by atoms with Crippen molar-refractivity contribution in [3.63, 3.8) is 0 Å². The normalized spacial score (nSPS) is 18.8. The molecule has 58 heavy (non-hydrogen) atoms. The van der Waals surface area contributed by atoms with Crippen molar-refractivity contribution in [1.29, 1.82) is 0 Å². The van der Waals surface area contributed by atoms with Crippen LogP contribution in [0.5, 0.6) is 0 Å². The lowest BCUT2D eigenvalue weighted by molar-refractivity contribution is -0.437. The van der Waals surface area contributed by atoms with Crippen LogP contribution in [0, 0.1) is 12.3 Å². The first kappa shape index (κ1) is 46.7. The fourth-order valence-electron chi connectivity index (χ4n) is 7.62. The number of nitrogens with one attached hydrogen (secondary N) is 1. The molecule has 2 aromatic carbocycles. The Morgan fingerprint density at radius 2 is 1.41 bits per heavy atom. The van der Waals surface area contributed by atoms with Gasteiger partial charge in [0.15, 0.2) is 5.71 Å². The monoisotopic (exact) mass is 884 g/mol. The molecule has 0 saturated carbocycles. The van der Waals surface area contributed by atoms with Gasteiger partial charge in [-0.05, 0) is 88.4 Å². The highest BCUT2D eigenvalue weighted by molar-refractivity contribution is 7.86. The van der Waals surface area contributed by atoms with Gasteiger partial charge in [0.25, 0.3) is 40.5 Å². The van der Waals surface area contributed by atoms with Crippen LogP contribution in [0.15, 0.2) is 70.1 Å². The van der Waals surface area contributed by atoms with Gasteiger partial charge < -0.3 is 10.2 Å². The minimum Gasteiger partial charge on any atom is -0.345 e. The minimum absolute atomic E-state index is 0.0131. The number of hydrogen-bond donors (Lipinski definition) is 5. The van der Waals surface area contributed by atoms with Gasteiger partial charge in [-0.15, -0.1) is 6.42 Å². The average molecular weight is 885 g/mol. The number of benzene rings is 2. The Kier molecular flexibility index (Phi) is 14.6. The maximum Gasteiger partial charge on any atom is 0.294 e. The van der Waals surface area contributed by atoms with E-state index in [1.165, 1.54) is 30.3 Å². The Balaban J connectivity index is 1.83. The highest BCUT2D eigenvalue weighted by atomic mass is 32.2. The van der Waals surface area contributed by atoms with Gasteiger partial charge in [0.2, 0.25) is 11.6 Å². The average Bonchev–Trinajstić information content (AvgIpc) is 3.46. The van der Waals surface area contributed by atoms with E-state index in [1.54, 1.807) is 22.8 Å². The van der Waals surface area contributed by atoms with Gasteiger partial charge in [-0.2, -0.15) is 38.2 Å². The zero-order valence-electron chi connectivity index (χ0n) is 32.5. The quantitative estimate of drug-likeness (QED) is 0.0535. The molecular formula is C38H50N3O13S4+. The fourth-order valence-corrected chi connectivity index (χ4v) is 9.70. The molecule has 0 radical (unpaired) electrons. The number of hydrogen-bond acceptors (Lipinski definition) is 10. The second-order valence-corrected chi connectivity index (χ2v) is 21.0. The molecule has 2 aromatic rings. The minimum atomic E-state index is -4.63. The van der Waals surface area contributed by atoms with E-state index in [2.05, 4.69) is 11.2 Å². The molecular weight excluding hydrogens is 835 g/mol. The second kappa shape index (κ2) is 18.1. The van der Waals surface area contributed by atoms with Gasteiger partial charge in [0, 0.05) is 53.9 Å². The number of unbranched alkanes of at least 4 members (excludes halogenated alkanes) is 3. The fraction of sp³-hybridized carbons (Fsp3) is 0.474. The number of amides is 1. The molecule has 0 aromatic heterocycles. The molecule has 4 rings (SSSR count). The van der Waals surface area contributed by atoms with Gasteiger partial charge in [0.05, 0.1) is 33.3 Å². The molecule has 0 aliphatic carbocycles. The zero-order valence-corrected chi connectivity index (χ0v) is 35.7. The Hall–Kier alpha value is -3.94. The molecule has 16 nitrogen and oxygen atoms in total. The topological polar surface area (TPSA) is 253 Å². The van der Waals surface area contributed by atoms with E-state index in [1.807, 2.05) is 31.7 Å². The molecule has 0 fully saturated rings. The standard InChI is InChI=1S/C38H49N3O13S4/c1-5-21-39-36(42)15-7-6-9-22-41-33-19-17-29(58(52,53)54)27-31(33)38(4,20-8-10-24-55(43,44)45)35(41)14-11-13-34-37(2,3)30-26-28(57(49,50)51)16-18-32(30)40(34)23-12-25-56(46,47)48/h1,11,13-14,16-19,26-27H,6-10,12,15,20-25H2,2-4H3,(H4-,39,42,43,44,45,46,47,48,49,50,51,52,53,54)/p+1. The first-order valence-corrected chi connectivity index (χ1v) is 24.6. The highest BCUT2D eigenvalue weighted by Crippen LogP contribution is 2.51. The van der Waals surface area contributed by atoms with Crippen LogP contribution in [0.1, 0.15) is 83.3 Å². The molecule has 20 heteroatoms. The van der Waals surface area contributed by atoms with Crippen LogP contribution in [-0.2, 0) is 56.1 Å². The summed E-state index contributed by atoms with van der Waals surface area (Å²) in [5, 5.41) is 2.63. The van der Waals surface area contributed by atoms with E-state index >= 15 is 0 Å². The van der Waals surface area contributed by atoms with Gasteiger partial charge in [-0.3, -0.25) is 23.0 Å². The molecule has 2 heterocycles. The molecule has 318 valence electrons. The van der Waals surface area contributed by atoms with Gasteiger partial charge in [-0.25, -0.2) is 0 Å². The summed E-state index contributed by atoms with van der Waals surface area (Å²) in [6.07, 6.45) is 13.3. The van der Waals surface area contributed by atoms with Crippen LogP contribution in [0.3, 0.4) is 0 Å². The number of fused-ring (bicyclic) bond motifs is 2. The van der Waals surface area contributed by atoms with Crippen LogP contribution in [0.4, 0.5) is 11.4 Å². The smallest absolute Gasteiger partial charge is 0.294 e. The van der Waals surface area contributed by atoms with Crippen LogP contribution in [0.2, 0.25) is 0 Å². The van der Waals surface area contributed by atoms with Gasteiger partial charge in [0.1, 0.15) is 6.54 Å². The van der Waals surface area contributed by atoms with E-state index in [0.717, 1.165) is 0 Å². The predicted molar refractivity (Wildman–Crippen MR) is 219 cm³/mol. The Labute approximate surface area is 341 Å². The summed E-state index contributed by atoms with van der Waals surface area (Å²) < 4.78 is 136. The number of anilines is 1. The van der Waals surface area contributed by atoms with Gasteiger partial charge >= 0.3 is 0 Å². The van der Waals surface area contributed by atoms with Crippen molar-refractivity contribution in [3.05, 3.63) is 71.5 Å². The lowest BCUT2D eigenvalue weighted by atomic mass is 9.77. The van der Waals surface area contributed by atoms with Crippen molar-refractivity contribution < 1.29 is 61.3 Å². The van der Waals surface area contributed by atoms with E-state index < -0.39 is 62.8 Å². The second-order valence-electron chi connectivity index (χ2n) is 15.0. The Morgan fingerprint density at radius 1 is 0.810 bits per heavy atom. The van der Waals surface area contributed by atoms with Crippen molar-refractivity contribution in [3.8, 4) is 12.3 Å². The molecule has 1 unspecified atom stereocenters. The molecule has 0 spiro atoms. The van der Waals surface area contributed by atoms with Crippen molar-refractivity contribution in [2.45, 2.75) is 92.8 Å². The van der Waals surface area contributed by atoms with E-state index in [9.17, 15) is 56.7 Å². The van der Waals surface area contributed by atoms with E-state index in [-0.39, 0.29) is 48.1 Å². The zero-order chi connectivity index (χ0) is 43.3. The third-order valence-electron chi connectivity index (χ3n) is 10.5. The van der Waals surface area contributed by atoms with Crippen LogP contribution in [-0.4, -0.2) is 99.2 Å². The molecule has 2 aliphatic rings. The summed E-state index contributed by atoms with van der Waals surface area (Å²) in [5.74, 6) is 1.15. The van der Waals surface area contributed by atoms with Crippen LogP contribution in [0.25, 0.3) is 0 Å². The molecule has 1 amide bonds. The van der Waals surface area contributed by atoms with Crippen LogP contribution < -0.4 is 10.2 Å². The van der Waals surface area contributed by atoms with Crippen molar-refractivity contribution in [1.82, 2.24) is 5.32 Å². The number of carbonyl (C=O) groups excluding carboxylic acids is 1. The first-order valence-electron chi connectivity index (χ1n) is 18.5. The van der Waals surface area contributed by atoms with Crippen molar-refractivity contribution in [2.75, 3.05) is 36.0 Å². The summed E-state index contributed by atoms with van der Waals surface area (Å²) in [6.45, 7) is 6.17. The number of terminal acetylenes is 1. The van der Waals surface area contributed by atoms with Crippen molar-refractivity contribution in [2.24, 2.45) is 0 Å². The summed E-state index contributed by atoms with van der Waals surface area (Å²) in [6, 6.07) is 8.36. The molecule has 0 saturated heterocycles. The molecule has 0 bridgehead atoms. The summed E-state index contributed by atoms with van der Waals surface area (Å²) in [5.41, 5.74) is 1.73. The Morgan fingerprint density at radius 3 is 2.02 bits per heavy atom. The number of carbonyl (C=O) groups is 1. The van der Waals surface area contributed by atoms with Gasteiger partial charge in [-0.1, -0.05) is 24.8 Å². The number of allylic oxidation sites excluding steroid dienone is 4. The lowest BCUT2D eigenvalue weighted by Crippen LogP contribution is -2.30. The first-order chi connectivity index (χ1) is 26.8. The largest absolute Gasteiger partial charge is 0.345 e. The summed E-state index contributed by atoms with van der Waals surface area (Å²) in [4.78, 5) is 13.4. The SMILES string of the molecule is C#CCNC(=O)CCCCCN1C(=CC=CC2=[N+](CCCS(=O)(=O)O)c3ccc(S(=O)(=O)O)cc3C2(C)C)C(C)(CCCCS(=O)(=O)O)c2cc(S(=O)(=O)O)ccc21. The molecule has 5 N–H and O–H groups in total. The van der Waals surface area contributed by atoms with E-state index in [4.69, 9.17) is 6.42 Å². The maximum absolute atomic E-state index is 12.3. The van der Waals surface area contributed by atoms with E-state index in [0.29, 0.717) is 72.6 Å². The number of nitrogens with zero attached hydrogens (tertiary/aromatic N) is 2. The summed E-state index contributed by atoms with van der Waals surface area (Å²) in [7, 11) is -17.8. The maximum atomic E-state index is 12.3. The third kappa shape index (κ3) is 11.6. The lowest BCUT2D eigenvalue weighted by Gasteiger charge is -2.30.